The third-order valence-corrected chi connectivity index (χ3v) is 0.375. The van der Waals surface area contributed by atoms with Gasteiger partial charge < -0.3 is 5.21 Å². The zero-order chi connectivity index (χ0) is 4.12. The van der Waals surface area contributed by atoms with Gasteiger partial charge in [0, 0.05) is 5.01 Å². The molecule has 0 aromatic heterocycles. The SMILES string of the molecule is [O-][N+]#CCBr. The summed E-state index contributed by atoms with van der Waals surface area (Å²) in [6.45, 7) is 0. The number of rotatable bonds is 0. The van der Waals surface area contributed by atoms with Gasteiger partial charge in [-0.25, -0.2) is 0 Å². The fraction of sp³-hybridized carbons (Fsp3) is 0.500. The minimum absolute atomic E-state index is 0.427. The van der Waals surface area contributed by atoms with Crippen LogP contribution >= 0.6 is 15.9 Å². The van der Waals surface area contributed by atoms with Crippen molar-refractivity contribution in [1.29, 1.82) is 0 Å². The summed E-state index contributed by atoms with van der Waals surface area (Å²) in [5, 5.41) is 11.7. The Morgan fingerprint density at radius 2 is 2.60 bits per heavy atom. The standard InChI is InChI=1S/C2H2BrNO/c3-1-2-4-5/h1H2. The predicted molar refractivity (Wildman–Crippen MR) is 24.4 cm³/mol. The number of alkyl halides is 1. The van der Waals surface area contributed by atoms with Crippen LogP contribution < -0.4 is 0 Å². The van der Waals surface area contributed by atoms with Gasteiger partial charge in [-0.05, 0) is 0 Å². The maximum atomic E-state index is 9.01. The molecule has 0 amide bonds. The minimum Gasteiger partial charge on any atom is -0.498 e. The fourth-order valence-electron chi connectivity index (χ4n) is 0.0244. The van der Waals surface area contributed by atoms with Crippen LogP contribution in [-0.2, 0) is 0 Å². The molecule has 0 aliphatic heterocycles. The van der Waals surface area contributed by atoms with Crippen LogP contribution in [0.25, 0.3) is 5.01 Å². The van der Waals surface area contributed by atoms with Gasteiger partial charge in [-0.2, -0.15) is 0 Å². The van der Waals surface area contributed by atoms with Crippen molar-refractivity contribution in [2.24, 2.45) is 0 Å². The summed E-state index contributed by atoms with van der Waals surface area (Å²) in [4.78, 5) is 0. The molecule has 0 heterocycles. The summed E-state index contributed by atoms with van der Waals surface area (Å²) in [7, 11) is 0. The first kappa shape index (κ1) is 4.77. The molecule has 0 aromatic rings. The molecule has 5 heavy (non-hydrogen) atoms. The summed E-state index contributed by atoms with van der Waals surface area (Å²) < 4.78 is 0. The second-order valence-electron chi connectivity index (χ2n) is 0.383. The largest absolute Gasteiger partial charge is 0.498 e. The lowest BCUT2D eigenvalue weighted by atomic mass is 10.9. The van der Waals surface area contributed by atoms with E-state index in [2.05, 4.69) is 27.0 Å². The lowest BCUT2D eigenvalue weighted by Crippen LogP contribution is -1.48. The highest BCUT2D eigenvalue weighted by Gasteiger charge is 1.66. The average Bonchev–Trinajstić information content (AvgIpc) is 1.41. The Bertz CT molecular complexity index is 61.8. The predicted octanol–water partition coefficient (Wildman–Crippen LogP) is 1.21. The fourth-order valence-corrected chi connectivity index (χ4v) is 0.127. The van der Waals surface area contributed by atoms with Gasteiger partial charge in [0.1, 0.15) is 5.33 Å². The van der Waals surface area contributed by atoms with Gasteiger partial charge in [0.05, 0.1) is 0 Å². The van der Waals surface area contributed by atoms with Crippen LogP contribution in [0, 0.1) is 11.3 Å². The van der Waals surface area contributed by atoms with E-state index in [0.29, 0.717) is 5.33 Å². The molecule has 3 heteroatoms. The van der Waals surface area contributed by atoms with E-state index in [-0.39, 0.29) is 0 Å². The van der Waals surface area contributed by atoms with Crippen molar-refractivity contribution in [3.8, 4) is 6.07 Å². The van der Waals surface area contributed by atoms with Crippen molar-refractivity contribution in [2.45, 2.75) is 0 Å². The minimum atomic E-state index is 0.427. The Hall–Kier alpha value is -0.230. The lowest BCUT2D eigenvalue weighted by Gasteiger charge is -1.48. The highest BCUT2D eigenvalue weighted by atomic mass is 79.9. The third-order valence-electron chi connectivity index (χ3n) is 0.124. The highest BCUT2D eigenvalue weighted by molar-refractivity contribution is 9.09. The summed E-state index contributed by atoms with van der Waals surface area (Å²) in [6.07, 6.45) is 0. The number of nitrogens with zero attached hydrogens (tertiary/aromatic N) is 1. The van der Waals surface area contributed by atoms with E-state index in [1.165, 1.54) is 0 Å². The number of hydrogen-bond acceptors (Lipinski definition) is 1. The Morgan fingerprint density at radius 3 is 2.60 bits per heavy atom. The van der Waals surface area contributed by atoms with Crippen LogP contribution in [0.5, 0.6) is 0 Å². The Balaban J connectivity index is 2.81. The third kappa shape index (κ3) is 3.77. The van der Waals surface area contributed by atoms with E-state index in [1.54, 1.807) is 0 Å². The van der Waals surface area contributed by atoms with E-state index in [1.807, 2.05) is 0 Å². The highest BCUT2D eigenvalue weighted by Crippen LogP contribution is 1.71. The van der Waals surface area contributed by atoms with Crippen LogP contribution in [-0.4, -0.2) is 5.33 Å². The molecule has 0 fully saturated rings. The summed E-state index contributed by atoms with van der Waals surface area (Å²) in [5.74, 6) is 0. The van der Waals surface area contributed by atoms with Gasteiger partial charge >= 0.3 is 6.07 Å². The second kappa shape index (κ2) is 3.77. The lowest BCUT2D eigenvalue weighted by molar-refractivity contribution is 1.94. The number of halogens is 1. The van der Waals surface area contributed by atoms with Gasteiger partial charge in [0.2, 0.25) is 0 Å². The monoisotopic (exact) mass is 135 g/mol. The Morgan fingerprint density at radius 1 is 2.00 bits per heavy atom. The molecule has 0 unspecified atom stereocenters. The normalized spacial score (nSPS) is 5.00. The Kier molecular flexibility index (Phi) is 3.60. The van der Waals surface area contributed by atoms with Crippen molar-refractivity contribution in [3.05, 3.63) is 10.2 Å². The van der Waals surface area contributed by atoms with E-state index in [4.69, 9.17) is 5.21 Å². The molecule has 0 N–H and O–H groups in total. The van der Waals surface area contributed by atoms with Crippen molar-refractivity contribution < 1.29 is 0 Å². The van der Waals surface area contributed by atoms with Crippen LogP contribution in [0.4, 0.5) is 0 Å². The first-order valence-electron chi connectivity index (χ1n) is 1.03. The van der Waals surface area contributed by atoms with Gasteiger partial charge in [-0.1, -0.05) is 15.9 Å². The summed E-state index contributed by atoms with van der Waals surface area (Å²) >= 11 is 2.90. The van der Waals surface area contributed by atoms with Gasteiger partial charge in [0.15, 0.2) is 0 Å². The molecule has 28 valence electrons. The van der Waals surface area contributed by atoms with Crippen LogP contribution in [0.2, 0.25) is 0 Å². The molecule has 0 aliphatic rings. The Labute approximate surface area is 38.3 Å². The zero-order valence-electron chi connectivity index (χ0n) is 2.44. The van der Waals surface area contributed by atoms with Crippen LogP contribution in [0.1, 0.15) is 0 Å². The van der Waals surface area contributed by atoms with Gasteiger partial charge in [0.25, 0.3) is 0 Å². The van der Waals surface area contributed by atoms with E-state index >= 15 is 0 Å². The summed E-state index contributed by atoms with van der Waals surface area (Å²) in [5.41, 5.74) is 0. The van der Waals surface area contributed by atoms with Crippen molar-refractivity contribution in [3.63, 3.8) is 0 Å². The zero-order valence-corrected chi connectivity index (χ0v) is 4.03. The van der Waals surface area contributed by atoms with Crippen molar-refractivity contribution in [2.75, 3.05) is 5.33 Å². The molecule has 0 radical (unpaired) electrons. The molecular weight excluding hydrogens is 134 g/mol. The molecule has 0 rings (SSSR count). The maximum Gasteiger partial charge on any atom is 0.309 e. The van der Waals surface area contributed by atoms with Crippen molar-refractivity contribution >= 4 is 15.9 Å². The molecule has 2 nitrogen and oxygen atoms in total. The molecule has 0 saturated carbocycles. The topological polar surface area (TPSA) is 27.4 Å². The first-order valence-corrected chi connectivity index (χ1v) is 2.15. The van der Waals surface area contributed by atoms with E-state index in [0.717, 1.165) is 0 Å². The van der Waals surface area contributed by atoms with E-state index in [9.17, 15) is 0 Å². The maximum absolute atomic E-state index is 9.01. The molecule has 0 saturated heterocycles. The molecule has 0 atom stereocenters. The van der Waals surface area contributed by atoms with E-state index < -0.39 is 0 Å². The summed E-state index contributed by atoms with van der Waals surface area (Å²) in [6, 6.07) is 2.10. The van der Waals surface area contributed by atoms with Crippen LogP contribution in [0.15, 0.2) is 0 Å². The molecule has 0 aliphatic carbocycles. The smallest absolute Gasteiger partial charge is 0.309 e. The van der Waals surface area contributed by atoms with Crippen LogP contribution in [0.3, 0.4) is 0 Å². The molecule has 0 bridgehead atoms. The quantitative estimate of drug-likeness (QED) is 0.363. The molecular formula is C2H2BrNO. The second-order valence-corrected chi connectivity index (χ2v) is 0.944. The van der Waals surface area contributed by atoms with Crippen molar-refractivity contribution in [1.82, 2.24) is 0 Å². The first-order chi connectivity index (χ1) is 2.41. The number of hydrogen-bond donors (Lipinski definition) is 0. The molecule has 0 aromatic carbocycles. The van der Waals surface area contributed by atoms with Gasteiger partial charge in [-0.15, -0.1) is 0 Å². The molecule has 0 spiro atoms. The van der Waals surface area contributed by atoms with Gasteiger partial charge in [-0.3, -0.25) is 0 Å². The average molecular weight is 136 g/mol.